The Labute approximate surface area is 149 Å². The van der Waals surface area contributed by atoms with Gasteiger partial charge in [0.2, 0.25) is 0 Å². The third kappa shape index (κ3) is 5.96. The Hall–Kier alpha value is -1.88. The fourth-order valence-electron chi connectivity index (χ4n) is 2.44. The summed E-state index contributed by atoms with van der Waals surface area (Å²) in [6.07, 6.45) is 1.89. The highest BCUT2D eigenvalue weighted by atomic mass is 32.1. The van der Waals surface area contributed by atoms with Gasteiger partial charge in [-0.15, -0.1) is 11.3 Å². The van der Waals surface area contributed by atoms with E-state index in [0.717, 1.165) is 44.1 Å². The maximum atomic E-state index is 4.66. The molecule has 2 N–H and O–H groups in total. The van der Waals surface area contributed by atoms with Crippen molar-refractivity contribution in [1.82, 2.24) is 15.6 Å². The Kier molecular flexibility index (Phi) is 7.25. The van der Waals surface area contributed by atoms with Gasteiger partial charge < -0.3 is 10.6 Å². The van der Waals surface area contributed by atoms with Crippen LogP contribution in [0.25, 0.3) is 0 Å². The molecule has 4 nitrogen and oxygen atoms in total. The lowest BCUT2D eigenvalue weighted by Gasteiger charge is -2.11. The molecule has 5 heteroatoms. The second-order valence-corrected chi connectivity index (χ2v) is 7.21. The zero-order valence-electron chi connectivity index (χ0n) is 15.1. The zero-order chi connectivity index (χ0) is 17.4. The molecule has 1 aromatic heterocycles. The van der Waals surface area contributed by atoms with Crippen LogP contribution < -0.4 is 10.6 Å². The van der Waals surface area contributed by atoms with E-state index in [9.17, 15) is 0 Å². The number of nitrogens with one attached hydrogen (secondary N) is 2. The topological polar surface area (TPSA) is 49.3 Å². The first-order valence-corrected chi connectivity index (χ1v) is 9.40. The van der Waals surface area contributed by atoms with Crippen LogP contribution in [0, 0.1) is 20.8 Å². The Bertz CT molecular complexity index is 656. The molecule has 0 aliphatic heterocycles. The number of hydrogen-bond donors (Lipinski definition) is 2. The van der Waals surface area contributed by atoms with Gasteiger partial charge in [-0.25, -0.2) is 4.98 Å². The fraction of sp³-hybridized carbons (Fsp3) is 0.474. The van der Waals surface area contributed by atoms with Gasteiger partial charge in [0.25, 0.3) is 0 Å². The average Bonchev–Trinajstić information content (AvgIpc) is 2.86. The molecule has 1 aromatic carbocycles. The van der Waals surface area contributed by atoms with Gasteiger partial charge in [-0.05, 0) is 39.7 Å². The number of aromatic nitrogens is 1. The van der Waals surface area contributed by atoms with E-state index in [2.05, 4.69) is 72.6 Å². The first-order valence-electron chi connectivity index (χ1n) is 8.59. The smallest absolute Gasteiger partial charge is 0.191 e. The minimum absolute atomic E-state index is 0.756. The van der Waals surface area contributed by atoms with Gasteiger partial charge in [0.1, 0.15) is 0 Å². The lowest BCUT2D eigenvalue weighted by atomic mass is 10.1. The quantitative estimate of drug-likeness (QED) is 0.598. The normalized spacial score (nSPS) is 11.6. The molecule has 2 aromatic rings. The molecule has 0 bridgehead atoms. The summed E-state index contributed by atoms with van der Waals surface area (Å²) in [7, 11) is 0. The molecule has 24 heavy (non-hydrogen) atoms. The molecule has 0 spiro atoms. The molecule has 130 valence electrons. The summed E-state index contributed by atoms with van der Waals surface area (Å²) in [5, 5.41) is 7.89. The first-order chi connectivity index (χ1) is 11.6. The number of aryl methyl sites for hydroxylation is 3. The minimum atomic E-state index is 0.756. The summed E-state index contributed by atoms with van der Waals surface area (Å²) in [5.74, 6) is 0.884. The van der Waals surface area contributed by atoms with Crippen LogP contribution in [0.2, 0.25) is 0 Å². The molecule has 0 amide bonds. The summed E-state index contributed by atoms with van der Waals surface area (Å²) in [4.78, 5) is 10.5. The van der Waals surface area contributed by atoms with Gasteiger partial charge in [0.15, 0.2) is 5.96 Å². The highest BCUT2D eigenvalue weighted by Gasteiger charge is 2.03. The van der Waals surface area contributed by atoms with Gasteiger partial charge in [-0.3, -0.25) is 4.99 Å². The third-order valence-corrected chi connectivity index (χ3v) is 4.93. The summed E-state index contributed by atoms with van der Waals surface area (Å²) in [6.45, 7) is 10.9. The van der Waals surface area contributed by atoms with E-state index < -0.39 is 0 Å². The van der Waals surface area contributed by atoms with E-state index in [-0.39, 0.29) is 0 Å². The fourth-order valence-corrected chi connectivity index (χ4v) is 3.37. The summed E-state index contributed by atoms with van der Waals surface area (Å²) in [6, 6.07) is 8.65. The van der Waals surface area contributed by atoms with Gasteiger partial charge in [0.05, 0.1) is 10.7 Å². The highest BCUT2D eigenvalue weighted by molar-refractivity contribution is 7.11. The number of thiazole rings is 1. The number of hydrogen-bond acceptors (Lipinski definition) is 3. The molecule has 0 atom stereocenters. The predicted octanol–water partition coefficient (Wildman–Crippen LogP) is 3.41. The molecular weight excluding hydrogens is 316 g/mol. The SMILES string of the molecule is CCNC(=NCCc1nc(C)c(C)s1)NCCc1cccc(C)c1. The van der Waals surface area contributed by atoms with E-state index in [4.69, 9.17) is 0 Å². The van der Waals surface area contributed by atoms with Crippen molar-refractivity contribution in [2.75, 3.05) is 19.6 Å². The summed E-state index contributed by atoms with van der Waals surface area (Å²) < 4.78 is 0. The first kappa shape index (κ1) is 18.5. The Balaban J connectivity index is 1.81. The molecule has 1 heterocycles. The number of aliphatic imine (C=N–C) groups is 1. The van der Waals surface area contributed by atoms with Gasteiger partial charge in [-0.1, -0.05) is 29.8 Å². The summed E-state index contributed by atoms with van der Waals surface area (Å²) in [5.41, 5.74) is 3.80. The van der Waals surface area contributed by atoms with Crippen molar-refractivity contribution >= 4 is 17.3 Å². The molecule has 0 aliphatic carbocycles. The molecule has 0 aliphatic rings. The second kappa shape index (κ2) is 9.42. The molecular formula is C19H28N4S. The summed E-state index contributed by atoms with van der Waals surface area (Å²) >= 11 is 1.77. The van der Waals surface area contributed by atoms with Crippen molar-refractivity contribution in [3.05, 3.63) is 51.0 Å². The third-order valence-electron chi connectivity index (χ3n) is 3.80. The number of nitrogens with zero attached hydrogens (tertiary/aromatic N) is 2. The standard InChI is InChI=1S/C19H28N4S/c1-5-20-19(21-11-9-17-8-6-7-14(2)13-17)22-12-10-18-23-15(3)16(4)24-18/h6-8,13H,5,9-12H2,1-4H3,(H2,20,21,22). The van der Waals surface area contributed by atoms with Crippen LogP contribution >= 0.6 is 11.3 Å². The van der Waals surface area contributed by atoms with Crippen LogP contribution in [0.3, 0.4) is 0 Å². The van der Waals surface area contributed by atoms with Gasteiger partial charge in [-0.2, -0.15) is 0 Å². The largest absolute Gasteiger partial charge is 0.357 e. The van der Waals surface area contributed by atoms with Crippen molar-refractivity contribution in [2.45, 2.75) is 40.5 Å². The Morgan fingerprint density at radius 3 is 2.67 bits per heavy atom. The van der Waals surface area contributed by atoms with Crippen LogP contribution in [0.1, 0.15) is 33.6 Å². The van der Waals surface area contributed by atoms with E-state index in [1.54, 1.807) is 11.3 Å². The zero-order valence-corrected chi connectivity index (χ0v) is 16.0. The average molecular weight is 345 g/mol. The van der Waals surface area contributed by atoms with Crippen LogP contribution in [0.5, 0.6) is 0 Å². The van der Waals surface area contributed by atoms with E-state index in [1.807, 2.05) is 0 Å². The maximum absolute atomic E-state index is 4.66. The van der Waals surface area contributed by atoms with Crippen molar-refractivity contribution in [1.29, 1.82) is 0 Å². The monoisotopic (exact) mass is 344 g/mol. The second-order valence-electron chi connectivity index (χ2n) is 5.93. The Morgan fingerprint density at radius 2 is 2.00 bits per heavy atom. The maximum Gasteiger partial charge on any atom is 0.191 e. The van der Waals surface area contributed by atoms with Crippen molar-refractivity contribution < 1.29 is 0 Å². The van der Waals surface area contributed by atoms with Gasteiger partial charge >= 0.3 is 0 Å². The van der Waals surface area contributed by atoms with Gasteiger partial charge in [0, 0.05) is 30.9 Å². The van der Waals surface area contributed by atoms with E-state index in [1.165, 1.54) is 21.0 Å². The molecule has 0 radical (unpaired) electrons. The number of rotatable bonds is 7. The minimum Gasteiger partial charge on any atom is -0.357 e. The van der Waals surface area contributed by atoms with Crippen molar-refractivity contribution in [2.24, 2.45) is 4.99 Å². The molecule has 0 fully saturated rings. The number of guanidine groups is 1. The van der Waals surface area contributed by atoms with Crippen LogP contribution in [0.4, 0.5) is 0 Å². The molecule has 0 saturated heterocycles. The molecule has 0 saturated carbocycles. The van der Waals surface area contributed by atoms with Crippen molar-refractivity contribution in [3.8, 4) is 0 Å². The number of benzene rings is 1. The van der Waals surface area contributed by atoms with E-state index >= 15 is 0 Å². The lowest BCUT2D eigenvalue weighted by Crippen LogP contribution is -2.38. The highest BCUT2D eigenvalue weighted by Crippen LogP contribution is 2.16. The molecule has 2 rings (SSSR count). The predicted molar refractivity (Wildman–Crippen MR) is 104 cm³/mol. The molecule has 0 unspecified atom stereocenters. The van der Waals surface area contributed by atoms with Crippen molar-refractivity contribution in [3.63, 3.8) is 0 Å². The lowest BCUT2D eigenvalue weighted by molar-refractivity contribution is 0.795. The van der Waals surface area contributed by atoms with E-state index in [0.29, 0.717) is 0 Å². The van der Waals surface area contributed by atoms with Crippen LogP contribution in [-0.2, 0) is 12.8 Å². The van der Waals surface area contributed by atoms with Crippen LogP contribution in [-0.4, -0.2) is 30.6 Å². The Morgan fingerprint density at radius 1 is 1.17 bits per heavy atom. The van der Waals surface area contributed by atoms with Crippen LogP contribution in [0.15, 0.2) is 29.3 Å².